The van der Waals surface area contributed by atoms with Crippen molar-refractivity contribution in [1.29, 1.82) is 0 Å². The van der Waals surface area contributed by atoms with Crippen LogP contribution in [0, 0.1) is 0 Å². The van der Waals surface area contributed by atoms with E-state index in [1.54, 1.807) is 0 Å². The molecule has 5 heteroatoms. The molecule has 0 fully saturated rings. The van der Waals surface area contributed by atoms with Gasteiger partial charge in [0.15, 0.2) is 0 Å². The zero-order valence-electron chi connectivity index (χ0n) is 18.0. The number of nitrogens with one attached hydrogen (secondary N) is 1. The predicted molar refractivity (Wildman–Crippen MR) is 119 cm³/mol. The van der Waals surface area contributed by atoms with E-state index in [0.29, 0.717) is 6.42 Å². The van der Waals surface area contributed by atoms with Gasteiger partial charge in [0.1, 0.15) is 6.61 Å². The van der Waals surface area contributed by atoms with Gasteiger partial charge >= 0.3 is 0 Å². The van der Waals surface area contributed by atoms with E-state index in [4.69, 9.17) is 4.74 Å². The van der Waals surface area contributed by atoms with Crippen molar-refractivity contribution in [2.45, 2.75) is 64.5 Å². The molecule has 0 spiro atoms. The fourth-order valence-corrected chi connectivity index (χ4v) is 3.55. The summed E-state index contributed by atoms with van der Waals surface area (Å²) >= 11 is 0. The zero-order chi connectivity index (χ0) is 21.8. The normalized spacial score (nSPS) is 12.8. The molecule has 162 valence electrons. The van der Waals surface area contributed by atoms with Gasteiger partial charge in [-0.3, -0.25) is 9.59 Å². The van der Waals surface area contributed by atoms with E-state index in [-0.39, 0.29) is 18.8 Å². The summed E-state index contributed by atoms with van der Waals surface area (Å²) in [6.45, 7) is 3.33. The van der Waals surface area contributed by atoms with Crippen LogP contribution in [0.15, 0.2) is 48.5 Å². The molecule has 2 rings (SSSR count). The van der Waals surface area contributed by atoms with Crippen LogP contribution >= 0.6 is 0 Å². The lowest BCUT2D eigenvalue weighted by Gasteiger charge is -2.30. The van der Waals surface area contributed by atoms with E-state index in [1.165, 1.54) is 43.7 Å². The van der Waals surface area contributed by atoms with Crippen LogP contribution in [0.4, 0.5) is 0 Å². The summed E-state index contributed by atoms with van der Waals surface area (Å²) < 4.78 is 4.99. The zero-order valence-corrected chi connectivity index (χ0v) is 18.0. The Balaban J connectivity index is 1.97. The molecule has 1 unspecified atom stereocenters. The van der Waals surface area contributed by atoms with E-state index in [9.17, 15) is 14.7 Å². The number of aryl methyl sites for hydroxylation is 2. The second-order valence-electron chi connectivity index (χ2n) is 7.75. The molecule has 30 heavy (non-hydrogen) atoms. The molecule has 1 amide bonds. The number of rotatable bonds is 13. The second-order valence-corrected chi connectivity index (χ2v) is 7.75. The summed E-state index contributed by atoms with van der Waals surface area (Å²) in [4.78, 5) is 22.2. The number of ether oxygens (including phenoxy) is 1. The lowest BCUT2D eigenvalue weighted by atomic mass is 9.98. The first-order valence-corrected chi connectivity index (χ1v) is 10.7. The van der Waals surface area contributed by atoms with E-state index in [1.807, 2.05) is 12.1 Å². The molecule has 2 aromatic carbocycles. The van der Waals surface area contributed by atoms with Crippen LogP contribution < -0.4 is 5.32 Å². The van der Waals surface area contributed by atoms with Crippen molar-refractivity contribution >= 4 is 12.4 Å². The number of carbonyl (C=O) groups excluding carboxylic acids is 2. The molecular formula is C25H33NO4. The summed E-state index contributed by atoms with van der Waals surface area (Å²) in [6, 6.07) is 16.9. The van der Waals surface area contributed by atoms with Gasteiger partial charge in [-0.25, -0.2) is 0 Å². The molecule has 0 aliphatic carbocycles. The van der Waals surface area contributed by atoms with Gasteiger partial charge < -0.3 is 15.2 Å². The minimum absolute atomic E-state index is 0.253. The van der Waals surface area contributed by atoms with Gasteiger partial charge in [0.25, 0.3) is 6.47 Å². The smallest absolute Gasteiger partial charge is 0.295 e. The fourth-order valence-electron chi connectivity index (χ4n) is 3.55. The van der Waals surface area contributed by atoms with E-state index in [0.717, 1.165) is 17.5 Å². The SMILES string of the molecule is CCCCCCc1ccc(-c2ccc(CCC(CO)(NC(C)=O)OC=O)cc2)cc1. The number of amides is 1. The minimum atomic E-state index is -1.39. The third kappa shape index (κ3) is 7.30. The van der Waals surface area contributed by atoms with E-state index < -0.39 is 12.3 Å². The molecule has 0 saturated carbocycles. The number of benzene rings is 2. The lowest BCUT2D eigenvalue weighted by molar-refractivity contribution is -0.158. The highest BCUT2D eigenvalue weighted by molar-refractivity contribution is 5.73. The van der Waals surface area contributed by atoms with Crippen molar-refractivity contribution in [2.75, 3.05) is 6.61 Å². The topological polar surface area (TPSA) is 75.6 Å². The number of unbranched alkanes of at least 4 members (excludes halogenated alkanes) is 3. The second kappa shape index (κ2) is 12.1. The first-order chi connectivity index (χ1) is 14.5. The highest BCUT2D eigenvalue weighted by Gasteiger charge is 2.31. The molecule has 2 aromatic rings. The molecule has 0 aliphatic rings. The molecular weight excluding hydrogens is 378 g/mol. The number of hydrogen-bond acceptors (Lipinski definition) is 4. The van der Waals surface area contributed by atoms with Crippen LogP contribution in [0.25, 0.3) is 11.1 Å². The van der Waals surface area contributed by atoms with Crippen molar-refractivity contribution in [3.63, 3.8) is 0 Å². The van der Waals surface area contributed by atoms with Crippen LogP contribution in [0.3, 0.4) is 0 Å². The fraction of sp³-hybridized carbons (Fsp3) is 0.440. The summed E-state index contributed by atoms with van der Waals surface area (Å²) in [5.74, 6) is -0.366. The minimum Gasteiger partial charge on any atom is -0.439 e. The van der Waals surface area contributed by atoms with Gasteiger partial charge in [0.05, 0.1) is 0 Å². The standard InChI is InChI=1S/C25H33NO4/c1-3-4-5-6-7-21-8-12-23(13-9-21)24-14-10-22(11-15-24)16-17-25(18-27,30-19-28)26-20(2)29/h8-15,19,27H,3-7,16-18H2,1-2H3,(H,26,29). The Hall–Kier alpha value is -2.66. The Bertz CT molecular complexity index is 786. The van der Waals surface area contributed by atoms with Crippen LogP contribution in [-0.4, -0.2) is 29.8 Å². The van der Waals surface area contributed by atoms with Gasteiger partial charge in [-0.15, -0.1) is 0 Å². The average Bonchev–Trinajstić information content (AvgIpc) is 2.76. The molecule has 0 bridgehead atoms. The summed E-state index contributed by atoms with van der Waals surface area (Å²) in [5.41, 5.74) is 3.32. The van der Waals surface area contributed by atoms with Crippen LogP contribution in [-0.2, 0) is 27.2 Å². The number of aliphatic hydroxyl groups is 1. The van der Waals surface area contributed by atoms with Crippen LogP contribution in [0.1, 0.15) is 57.1 Å². The summed E-state index contributed by atoms with van der Waals surface area (Å²) in [5, 5.41) is 12.2. The number of carbonyl (C=O) groups is 2. The highest BCUT2D eigenvalue weighted by Crippen LogP contribution is 2.23. The Morgan fingerprint density at radius 3 is 2.00 bits per heavy atom. The van der Waals surface area contributed by atoms with Crippen molar-refractivity contribution in [3.8, 4) is 11.1 Å². The van der Waals surface area contributed by atoms with Crippen LogP contribution in [0.5, 0.6) is 0 Å². The molecule has 2 N–H and O–H groups in total. The molecule has 0 saturated heterocycles. The molecule has 0 heterocycles. The van der Waals surface area contributed by atoms with Crippen LogP contribution in [0.2, 0.25) is 0 Å². The molecule has 0 aromatic heterocycles. The largest absolute Gasteiger partial charge is 0.439 e. The summed E-state index contributed by atoms with van der Waals surface area (Å²) in [6.07, 6.45) is 7.05. The van der Waals surface area contributed by atoms with Crippen molar-refractivity contribution in [3.05, 3.63) is 59.7 Å². The molecule has 1 atom stereocenters. The van der Waals surface area contributed by atoms with E-state index in [2.05, 4.69) is 48.6 Å². The van der Waals surface area contributed by atoms with Gasteiger partial charge in [-0.05, 0) is 41.5 Å². The Kier molecular flexibility index (Phi) is 9.55. The van der Waals surface area contributed by atoms with Crippen molar-refractivity contribution in [1.82, 2.24) is 5.32 Å². The number of aliphatic hydroxyl groups excluding tert-OH is 1. The predicted octanol–water partition coefficient (Wildman–Crippen LogP) is 4.41. The van der Waals surface area contributed by atoms with Crippen molar-refractivity contribution in [2.24, 2.45) is 0 Å². The molecule has 0 aliphatic heterocycles. The maximum atomic E-state index is 11.4. The summed E-state index contributed by atoms with van der Waals surface area (Å²) in [7, 11) is 0. The Morgan fingerprint density at radius 1 is 0.967 bits per heavy atom. The highest BCUT2D eigenvalue weighted by atomic mass is 16.6. The quantitative estimate of drug-likeness (QED) is 0.291. The van der Waals surface area contributed by atoms with Gasteiger partial charge in [0, 0.05) is 13.3 Å². The Labute approximate surface area is 179 Å². The third-order valence-electron chi connectivity index (χ3n) is 5.31. The van der Waals surface area contributed by atoms with Gasteiger partial charge in [-0.1, -0.05) is 74.7 Å². The lowest BCUT2D eigenvalue weighted by Crippen LogP contribution is -2.53. The third-order valence-corrected chi connectivity index (χ3v) is 5.31. The first-order valence-electron chi connectivity index (χ1n) is 10.7. The van der Waals surface area contributed by atoms with Gasteiger partial charge in [0.2, 0.25) is 11.6 Å². The van der Waals surface area contributed by atoms with Gasteiger partial charge in [-0.2, -0.15) is 0 Å². The maximum Gasteiger partial charge on any atom is 0.295 e. The number of hydrogen-bond donors (Lipinski definition) is 2. The Morgan fingerprint density at radius 2 is 1.53 bits per heavy atom. The average molecular weight is 412 g/mol. The molecule has 5 nitrogen and oxygen atoms in total. The van der Waals surface area contributed by atoms with Crippen molar-refractivity contribution < 1.29 is 19.4 Å². The monoisotopic (exact) mass is 411 g/mol. The maximum absolute atomic E-state index is 11.4. The van der Waals surface area contributed by atoms with E-state index >= 15 is 0 Å². The first kappa shape index (κ1) is 23.6. The molecule has 0 radical (unpaired) electrons.